The quantitative estimate of drug-likeness (QED) is 0.716. The van der Waals surface area contributed by atoms with Gasteiger partial charge in [0.25, 0.3) is 0 Å². The number of carbonyl (C=O) groups excluding carboxylic acids is 1. The Labute approximate surface area is 113 Å². The van der Waals surface area contributed by atoms with Crippen LogP contribution in [0.5, 0.6) is 0 Å². The van der Waals surface area contributed by atoms with E-state index in [1.807, 2.05) is 0 Å². The zero-order valence-electron chi connectivity index (χ0n) is 11.3. The summed E-state index contributed by atoms with van der Waals surface area (Å²) in [7, 11) is 0. The molecule has 0 N–H and O–H groups in total. The number of rotatable bonds is 0. The normalized spacial score (nSPS) is 12.7. The first-order chi connectivity index (χ1) is 9.08. The zero-order chi connectivity index (χ0) is 15.1. The minimum absolute atomic E-state index is 0.339. The summed E-state index contributed by atoms with van der Waals surface area (Å²) in [6.45, 7) is 5.16. The lowest BCUT2D eigenvalue weighted by Gasteiger charge is -2.19. The number of nitrogens with zero attached hydrogens (tertiary/aromatic N) is 1. The fourth-order valence-corrected chi connectivity index (χ4v) is 1.79. The zero-order valence-corrected chi connectivity index (χ0v) is 11.3. The summed E-state index contributed by atoms with van der Waals surface area (Å²) in [4.78, 5) is 11.9. The van der Waals surface area contributed by atoms with E-state index in [4.69, 9.17) is 4.74 Å². The highest BCUT2D eigenvalue weighted by Gasteiger charge is 2.30. The molecule has 0 spiro atoms. The fourth-order valence-electron chi connectivity index (χ4n) is 1.79. The maximum Gasteiger partial charge on any atom is 0.418 e. The molecule has 1 aromatic heterocycles. The van der Waals surface area contributed by atoms with Crippen LogP contribution in [0.1, 0.15) is 26.3 Å². The van der Waals surface area contributed by atoms with Crippen LogP contribution in [0.2, 0.25) is 0 Å². The van der Waals surface area contributed by atoms with Gasteiger partial charge in [-0.25, -0.2) is 4.79 Å². The second kappa shape index (κ2) is 4.54. The minimum atomic E-state index is -4.40. The monoisotopic (exact) mass is 285 g/mol. The average Bonchev–Trinajstić information content (AvgIpc) is 2.67. The number of halogens is 3. The molecule has 1 heterocycles. The molecule has 3 nitrogen and oxygen atoms in total. The number of hydrogen-bond acceptors (Lipinski definition) is 2. The van der Waals surface area contributed by atoms with Gasteiger partial charge >= 0.3 is 12.3 Å². The molecule has 2 rings (SSSR count). The Hall–Kier alpha value is -1.98. The molecule has 0 aliphatic carbocycles. The van der Waals surface area contributed by atoms with Crippen LogP contribution < -0.4 is 0 Å². The third-order valence-electron chi connectivity index (χ3n) is 2.61. The van der Waals surface area contributed by atoms with E-state index in [2.05, 4.69) is 0 Å². The van der Waals surface area contributed by atoms with E-state index in [1.165, 1.54) is 22.9 Å². The fraction of sp³-hybridized carbons (Fsp3) is 0.357. The van der Waals surface area contributed by atoms with Crippen molar-refractivity contribution in [3.8, 4) is 0 Å². The number of fused-ring (bicyclic) bond motifs is 1. The van der Waals surface area contributed by atoms with Crippen molar-refractivity contribution in [1.29, 1.82) is 0 Å². The summed E-state index contributed by atoms with van der Waals surface area (Å²) < 4.78 is 44.2. The first kappa shape index (κ1) is 14.4. The number of hydrogen-bond donors (Lipinski definition) is 0. The summed E-state index contributed by atoms with van der Waals surface area (Å²) >= 11 is 0. The molecule has 0 unspecified atom stereocenters. The second-order valence-electron chi connectivity index (χ2n) is 5.44. The Kier molecular flexibility index (Phi) is 3.28. The predicted octanol–water partition coefficient (Wildman–Crippen LogP) is 4.44. The molecule has 20 heavy (non-hydrogen) atoms. The summed E-state index contributed by atoms with van der Waals surface area (Å²) in [5.74, 6) is 0. The Balaban J connectivity index is 2.41. The van der Waals surface area contributed by atoms with Crippen LogP contribution in [0.15, 0.2) is 30.5 Å². The van der Waals surface area contributed by atoms with Gasteiger partial charge in [0.05, 0.1) is 11.1 Å². The molecular weight excluding hydrogens is 271 g/mol. The first-order valence-corrected chi connectivity index (χ1v) is 5.99. The van der Waals surface area contributed by atoms with Crippen LogP contribution in [0.25, 0.3) is 10.9 Å². The molecule has 0 fully saturated rings. The van der Waals surface area contributed by atoms with E-state index >= 15 is 0 Å². The molecule has 0 amide bonds. The Morgan fingerprint density at radius 3 is 2.35 bits per heavy atom. The maximum absolute atomic E-state index is 12.6. The molecular formula is C14H14F3NO2. The number of aromatic nitrogens is 1. The van der Waals surface area contributed by atoms with Gasteiger partial charge in [0, 0.05) is 11.6 Å². The van der Waals surface area contributed by atoms with Crippen molar-refractivity contribution in [2.45, 2.75) is 32.5 Å². The lowest BCUT2D eigenvalue weighted by molar-refractivity contribution is -0.137. The molecule has 0 saturated carbocycles. The lowest BCUT2D eigenvalue weighted by Crippen LogP contribution is -2.26. The van der Waals surface area contributed by atoms with Crippen LogP contribution >= 0.6 is 0 Å². The van der Waals surface area contributed by atoms with E-state index in [0.29, 0.717) is 10.9 Å². The molecule has 0 atom stereocenters. The van der Waals surface area contributed by atoms with Gasteiger partial charge in [0.1, 0.15) is 5.60 Å². The highest BCUT2D eigenvalue weighted by Crippen LogP contribution is 2.31. The summed E-state index contributed by atoms with van der Waals surface area (Å²) in [6, 6.07) is 4.68. The van der Waals surface area contributed by atoms with Gasteiger partial charge in [0.2, 0.25) is 0 Å². The highest BCUT2D eigenvalue weighted by molar-refractivity contribution is 5.90. The average molecular weight is 285 g/mol. The highest BCUT2D eigenvalue weighted by atomic mass is 19.4. The molecule has 108 valence electrons. The van der Waals surface area contributed by atoms with Gasteiger partial charge in [-0.05, 0) is 45.0 Å². The maximum atomic E-state index is 12.6. The van der Waals surface area contributed by atoms with Gasteiger partial charge in [-0.1, -0.05) is 0 Å². The standard InChI is InChI=1S/C14H14F3NO2/c1-13(2,3)20-12(19)18-7-6-9-8-10(14(15,16)17)4-5-11(9)18/h4-8H,1-3H3. The third kappa shape index (κ3) is 2.95. The van der Waals surface area contributed by atoms with Crippen molar-refractivity contribution < 1.29 is 22.7 Å². The van der Waals surface area contributed by atoms with Crippen LogP contribution in [0.3, 0.4) is 0 Å². The molecule has 0 aliphatic rings. The van der Waals surface area contributed by atoms with Crippen molar-refractivity contribution in [3.05, 3.63) is 36.0 Å². The Morgan fingerprint density at radius 2 is 1.80 bits per heavy atom. The molecule has 6 heteroatoms. The van der Waals surface area contributed by atoms with E-state index < -0.39 is 23.4 Å². The third-order valence-corrected chi connectivity index (χ3v) is 2.61. The van der Waals surface area contributed by atoms with Gasteiger partial charge < -0.3 is 4.74 Å². The molecule has 1 aromatic carbocycles. The van der Waals surface area contributed by atoms with Crippen LogP contribution in [-0.4, -0.2) is 16.3 Å². The van der Waals surface area contributed by atoms with E-state index in [-0.39, 0.29) is 0 Å². The molecule has 0 radical (unpaired) electrons. The summed E-state index contributed by atoms with van der Waals surface area (Å²) in [5.41, 5.74) is -1.03. The van der Waals surface area contributed by atoms with Gasteiger partial charge in [-0.3, -0.25) is 4.57 Å². The Bertz CT molecular complexity index is 650. The largest absolute Gasteiger partial charge is 0.443 e. The van der Waals surface area contributed by atoms with Crippen molar-refractivity contribution >= 4 is 17.0 Å². The van der Waals surface area contributed by atoms with E-state index in [1.54, 1.807) is 20.8 Å². The summed E-state index contributed by atoms with van der Waals surface area (Å²) in [6.07, 6.45) is -3.62. The molecule has 0 saturated heterocycles. The predicted molar refractivity (Wildman–Crippen MR) is 68.6 cm³/mol. The summed E-state index contributed by atoms with van der Waals surface area (Å²) in [5, 5.41) is 0.339. The topological polar surface area (TPSA) is 31.2 Å². The van der Waals surface area contributed by atoms with Crippen molar-refractivity contribution in [2.75, 3.05) is 0 Å². The van der Waals surface area contributed by atoms with E-state index in [9.17, 15) is 18.0 Å². The minimum Gasteiger partial charge on any atom is -0.443 e. The molecule has 0 aliphatic heterocycles. The molecule has 0 bridgehead atoms. The number of ether oxygens (including phenoxy) is 1. The van der Waals surface area contributed by atoms with Gasteiger partial charge in [0.15, 0.2) is 0 Å². The van der Waals surface area contributed by atoms with E-state index in [0.717, 1.165) is 12.1 Å². The van der Waals surface area contributed by atoms with Gasteiger partial charge in [-0.15, -0.1) is 0 Å². The van der Waals surface area contributed by atoms with Crippen LogP contribution in [0.4, 0.5) is 18.0 Å². The second-order valence-corrected chi connectivity index (χ2v) is 5.44. The lowest BCUT2D eigenvalue weighted by atomic mass is 10.1. The number of alkyl halides is 3. The Morgan fingerprint density at radius 1 is 1.15 bits per heavy atom. The SMILES string of the molecule is CC(C)(C)OC(=O)n1ccc2cc(C(F)(F)F)ccc21. The number of benzene rings is 1. The number of carbonyl (C=O) groups is 1. The van der Waals surface area contributed by atoms with Crippen molar-refractivity contribution in [2.24, 2.45) is 0 Å². The smallest absolute Gasteiger partial charge is 0.418 e. The van der Waals surface area contributed by atoms with Crippen LogP contribution in [-0.2, 0) is 10.9 Å². The van der Waals surface area contributed by atoms with Crippen molar-refractivity contribution in [3.63, 3.8) is 0 Å². The molecule has 2 aromatic rings. The van der Waals surface area contributed by atoms with Crippen molar-refractivity contribution in [1.82, 2.24) is 4.57 Å². The first-order valence-electron chi connectivity index (χ1n) is 5.99. The van der Waals surface area contributed by atoms with Crippen LogP contribution in [0, 0.1) is 0 Å². The van der Waals surface area contributed by atoms with Gasteiger partial charge in [-0.2, -0.15) is 13.2 Å².